The zero-order valence-corrected chi connectivity index (χ0v) is 16.1. The number of anilines is 1. The van der Waals surface area contributed by atoms with Crippen LogP contribution in [0.15, 0.2) is 0 Å². The Balaban J connectivity index is 2.02. The number of rotatable bonds is 9. The van der Waals surface area contributed by atoms with E-state index in [1.807, 2.05) is 0 Å². The molecule has 2 rings (SSSR count). The number of hydrogen-bond donors (Lipinski definition) is 1. The maximum Gasteiger partial charge on any atom is 0.320 e. The normalized spacial score (nSPS) is 13.2. The van der Waals surface area contributed by atoms with Crippen LogP contribution in [-0.4, -0.2) is 56.7 Å². The Labute approximate surface area is 157 Å². The number of esters is 1. The molecule has 0 spiro atoms. The first-order valence-electron chi connectivity index (χ1n) is 8.80. The lowest BCUT2D eigenvalue weighted by Gasteiger charge is -2.20. The maximum absolute atomic E-state index is 12.5. The molecule has 0 saturated carbocycles. The van der Waals surface area contributed by atoms with E-state index >= 15 is 0 Å². The van der Waals surface area contributed by atoms with E-state index in [4.69, 9.17) is 9.47 Å². The number of ether oxygens (including phenoxy) is 2. The van der Waals surface area contributed by atoms with Crippen LogP contribution < -0.4 is 5.32 Å². The van der Waals surface area contributed by atoms with E-state index < -0.39 is 0 Å². The standard InChI is InChI=1S/C18H25N3O4S/c1-3-25-17(23)12-21(8-9-24-2)11-16(22)20-18-14(10-19)13-6-4-5-7-15(13)26-18/h3-9,11-12H2,1-2H3,(H,20,22). The Bertz CT molecular complexity index is 681. The van der Waals surface area contributed by atoms with Gasteiger partial charge in [-0.3, -0.25) is 14.5 Å². The van der Waals surface area contributed by atoms with Crippen molar-refractivity contribution in [2.75, 3.05) is 45.3 Å². The first-order chi connectivity index (χ1) is 12.6. The van der Waals surface area contributed by atoms with Crippen LogP contribution in [-0.2, 0) is 31.9 Å². The summed E-state index contributed by atoms with van der Waals surface area (Å²) in [5.74, 6) is -0.624. The minimum absolute atomic E-state index is 0.0245. The van der Waals surface area contributed by atoms with Gasteiger partial charge in [0.1, 0.15) is 11.1 Å². The molecule has 142 valence electrons. The highest BCUT2D eigenvalue weighted by molar-refractivity contribution is 7.16. The lowest BCUT2D eigenvalue weighted by Crippen LogP contribution is -2.39. The number of nitriles is 1. The van der Waals surface area contributed by atoms with E-state index in [1.54, 1.807) is 18.9 Å². The van der Waals surface area contributed by atoms with Crippen molar-refractivity contribution in [2.45, 2.75) is 32.6 Å². The minimum Gasteiger partial charge on any atom is -0.465 e. The summed E-state index contributed by atoms with van der Waals surface area (Å²) in [7, 11) is 1.57. The van der Waals surface area contributed by atoms with Gasteiger partial charge in [-0.25, -0.2) is 0 Å². The van der Waals surface area contributed by atoms with Crippen LogP contribution in [0.4, 0.5) is 5.00 Å². The van der Waals surface area contributed by atoms with Gasteiger partial charge < -0.3 is 14.8 Å². The second kappa shape index (κ2) is 10.3. The molecule has 1 aliphatic carbocycles. The van der Waals surface area contributed by atoms with Gasteiger partial charge >= 0.3 is 5.97 Å². The van der Waals surface area contributed by atoms with Gasteiger partial charge in [-0.2, -0.15) is 5.26 Å². The van der Waals surface area contributed by atoms with Crippen LogP contribution >= 0.6 is 11.3 Å². The van der Waals surface area contributed by atoms with Crippen molar-refractivity contribution in [2.24, 2.45) is 0 Å². The quantitative estimate of drug-likeness (QED) is 0.660. The number of nitrogens with zero attached hydrogens (tertiary/aromatic N) is 2. The lowest BCUT2D eigenvalue weighted by atomic mass is 9.96. The molecule has 1 aliphatic rings. The predicted molar refractivity (Wildman–Crippen MR) is 99.3 cm³/mol. The third kappa shape index (κ3) is 5.53. The molecule has 7 nitrogen and oxygen atoms in total. The van der Waals surface area contributed by atoms with E-state index in [-0.39, 0.29) is 25.0 Å². The van der Waals surface area contributed by atoms with Crippen LogP contribution in [0, 0.1) is 11.3 Å². The van der Waals surface area contributed by atoms with Gasteiger partial charge in [0, 0.05) is 18.5 Å². The molecule has 1 amide bonds. The molecule has 26 heavy (non-hydrogen) atoms. The molecule has 0 radical (unpaired) electrons. The topological polar surface area (TPSA) is 91.7 Å². The summed E-state index contributed by atoms with van der Waals surface area (Å²) in [5, 5.41) is 12.9. The maximum atomic E-state index is 12.5. The number of carbonyl (C=O) groups is 2. The number of carbonyl (C=O) groups excluding carboxylic acids is 2. The van der Waals surface area contributed by atoms with E-state index in [1.165, 1.54) is 16.2 Å². The average Bonchev–Trinajstić information content (AvgIpc) is 2.96. The molecule has 1 N–H and O–H groups in total. The van der Waals surface area contributed by atoms with Crippen molar-refractivity contribution in [1.82, 2.24) is 4.90 Å². The molecule has 1 heterocycles. The highest BCUT2D eigenvalue weighted by Gasteiger charge is 2.23. The van der Waals surface area contributed by atoms with Crippen LogP contribution in [0.3, 0.4) is 0 Å². The summed E-state index contributed by atoms with van der Waals surface area (Å²) >= 11 is 1.49. The van der Waals surface area contributed by atoms with Crippen LogP contribution in [0.2, 0.25) is 0 Å². The van der Waals surface area contributed by atoms with Crippen molar-refractivity contribution < 1.29 is 19.1 Å². The predicted octanol–water partition coefficient (Wildman–Crippen LogP) is 1.95. The molecule has 8 heteroatoms. The largest absolute Gasteiger partial charge is 0.465 e. The van der Waals surface area contributed by atoms with E-state index in [2.05, 4.69) is 11.4 Å². The van der Waals surface area contributed by atoms with Crippen molar-refractivity contribution >= 4 is 28.2 Å². The van der Waals surface area contributed by atoms with E-state index in [0.29, 0.717) is 30.3 Å². The van der Waals surface area contributed by atoms with Crippen molar-refractivity contribution in [3.8, 4) is 6.07 Å². The molecule has 0 atom stereocenters. The smallest absolute Gasteiger partial charge is 0.320 e. The van der Waals surface area contributed by atoms with Gasteiger partial charge in [0.15, 0.2) is 0 Å². The number of methoxy groups -OCH3 is 1. The van der Waals surface area contributed by atoms with Crippen LogP contribution in [0.1, 0.15) is 35.8 Å². The summed E-state index contributed by atoms with van der Waals surface area (Å²) in [4.78, 5) is 27.0. The van der Waals surface area contributed by atoms with E-state index in [0.717, 1.165) is 31.2 Å². The Hall–Kier alpha value is -1.95. The Morgan fingerprint density at radius 1 is 1.31 bits per heavy atom. The number of nitrogens with one attached hydrogen (secondary N) is 1. The summed E-state index contributed by atoms with van der Waals surface area (Å²) in [6, 6.07) is 2.23. The number of fused-ring (bicyclic) bond motifs is 1. The molecule has 0 fully saturated rings. The summed E-state index contributed by atoms with van der Waals surface area (Å²) in [6.07, 6.45) is 4.06. The Morgan fingerprint density at radius 2 is 2.08 bits per heavy atom. The summed E-state index contributed by atoms with van der Waals surface area (Å²) in [5.41, 5.74) is 1.67. The van der Waals surface area contributed by atoms with Crippen molar-refractivity contribution in [1.29, 1.82) is 5.26 Å². The molecule has 0 unspecified atom stereocenters. The molecule has 1 aromatic heterocycles. The SMILES string of the molecule is CCOC(=O)CN(CCOC)CC(=O)Nc1sc2c(c1C#N)CCCC2. The lowest BCUT2D eigenvalue weighted by molar-refractivity contribution is -0.144. The highest BCUT2D eigenvalue weighted by atomic mass is 32.1. The Kier molecular flexibility index (Phi) is 8.04. The van der Waals surface area contributed by atoms with Crippen molar-refractivity contribution in [3.05, 3.63) is 16.0 Å². The van der Waals surface area contributed by atoms with Crippen LogP contribution in [0.5, 0.6) is 0 Å². The first-order valence-corrected chi connectivity index (χ1v) is 9.62. The second-order valence-electron chi connectivity index (χ2n) is 6.08. The molecule has 0 bridgehead atoms. The van der Waals surface area contributed by atoms with Gasteiger partial charge in [0.05, 0.1) is 31.9 Å². The molecule has 0 aliphatic heterocycles. The fourth-order valence-electron chi connectivity index (χ4n) is 2.97. The van der Waals surface area contributed by atoms with Gasteiger partial charge in [-0.15, -0.1) is 11.3 Å². The van der Waals surface area contributed by atoms with Gasteiger partial charge in [-0.1, -0.05) is 0 Å². The zero-order chi connectivity index (χ0) is 18.9. The van der Waals surface area contributed by atoms with Gasteiger partial charge in [0.2, 0.25) is 5.91 Å². The number of hydrogen-bond acceptors (Lipinski definition) is 7. The summed E-state index contributed by atoms with van der Waals surface area (Å²) < 4.78 is 9.99. The molecule has 0 aromatic carbocycles. The molecule has 0 saturated heterocycles. The number of thiophene rings is 1. The molecular formula is C18H25N3O4S. The first kappa shape index (κ1) is 20.4. The number of aryl methyl sites for hydroxylation is 1. The highest BCUT2D eigenvalue weighted by Crippen LogP contribution is 2.37. The number of amides is 1. The summed E-state index contributed by atoms with van der Waals surface area (Å²) in [6.45, 7) is 2.95. The fraction of sp³-hybridized carbons (Fsp3) is 0.611. The van der Waals surface area contributed by atoms with Gasteiger partial charge in [0.25, 0.3) is 0 Å². The third-order valence-electron chi connectivity index (χ3n) is 4.17. The minimum atomic E-state index is -0.374. The van der Waals surface area contributed by atoms with Crippen LogP contribution in [0.25, 0.3) is 0 Å². The second-order valence-corrected chi connectivity index (χ2v) is 7.19. The molecular weight excluding hydrogens is 354 g/mol. The van der Waals surface area contributed by atoms with Crippen molar-refractivity contribution in [3.63, 3.8) is 0 Å². The fourth-order valence-corrected chi connectivity index (χ4v) is 4.22. The van der Waals surface area contributed by atoms with Gasteiger partial charge in [-0.05, 0) is 38.2 Å². The average molecular weight is 379 g/mol. The monoisotopic (exact) mass is 379 g/mol. The third-order valence-corrected chi connectivity index (χ3v) is 5.38. The Morgan fingerprint density at radius 3 is 2.77 bits per heavy atom. The molecule has 1 aromatic rings. The van der Waals surface area contributed by atoms with E-state index in [9.17, 15) is 14.9 Å². The zero-order valence-electron chi connectivity index (χ0n) is 15.3.